The molecular formula is C24H13BrF12N2O2. The fourth-order valence-corrected chi connectivity index (χ4v) is 4.67. The Hall–Kier alpha value is -3.50. The molecule has 3 rings (SSSR count). The summed E-state index contributed by atoms with van der Waals surface area (Å²) < 4.78 is 165. The Bertz CT molecular complexity index is 1410. The fourth-order valence-electron chi connectivity index (χ4n) is 3.98. The summed E-state index contributed by atoms with van der Waals surface area (Å²) in [6.45, 7) is 0. The van der Waals surface area contributed by atoms with E-state index in [1.165, 1.54) is 0 Å². The second-order valence-electron chi connectivity index (χ2n) is 8.49. The monoisotopic (exact) mass is 668 g/mol. The molecule has 0 spiro atoms. The summed E-state index contributed by atoms with van der Waals surface area (Å²) in [6, 6.07) is 2.85. The van der Waals surface area contributed by atoms with E-state index in [9.17, 15) is 53.5 Å². The van der Waals surface area contributed by atoms with Crippen LogP contribution < -0.4 is 11.1 Å². The molecule has 1 aliphatic rings. The van der Waals surface area contributed by atoms with Crippen molar-refractivity contribution in [3.8, 4) is 0 Å². The minimum atomic E-state index is -6.89. The summed E-state index contributed by atoms with van der Waals surface area (Å²) in [5.74, 6) is -6.07. The third-order valence-corrected chi connectivity index (χ3v) is 6.78. The molecule has 2 aromatic carbocycles. The normalized spacial score (nSPS) is 20.3. The van der Waals surface area contributed by atoms with E-state index in [0.29, 0.717) is 6.08 Å². The molecule has 17 heteroatoms. The molecule has 1 aliphatic carbocycles. The smallest absolute Gasteiger partial charge is 0.369 e. The van der Waals surface area contributed by atoms with Gasteiger partial charge in [0, 0.05) is 22.3 Å². The molecule has 2 amide bonds. The second kappa shape index (κ2) is 10.4. The molecule has 0 saturated heterocycles. The van der Waals surface area contributed by atoms with Crippen molar-refractivity contribution in [2.75, 3.05) is 0 Å². The molecule has 0 aliphatic heterocycles. The Morgan fingerprint density at radius 3 is 1.83 bits per heavy atom. The van der Waals surface area contributed by atoms with Gasteiger partial charge in [-0.2, -0.15) is 39.5 Å². The quantitative estimate of drug-likeness (QED) is 0.266. The van der Waals surface area contributed by atoms with Gasteiger partial charge in [0.25, 0.3) is 5.91 Å². The molecule has 2 aromatic rings. The minimum absolute atomic E-state index is 0.000567. The number of carbonyl (C=O) groups is 2. The summed E-state index contributed by atoms with van der Waals surface area (Å²) in [4.78, 5) is 24.6. The Labute approximate surface area is 230 Å². The third kappa shape index (κ3) is 5.67. The van der Waals surface area contributed by atoms with Gasteiger partial charge in [0.15, 0.2) is 0 Å². The summed E-state index contributed by atoms with van der Waals surface area (Å²) >= 11 is 2.33. The van der Waals surface area contributed by atoms with Crippen LogP contribution in [0.4, 0.5) is 52.7 Å². The zero-order valence-corrected chi connectivity index (χ0v) is 21.2. The Morgan fingerprint density at radius 1 is 0.854 bits per heavy atom. The van der Waals surface area contributed by atoms with Crippen LogP contribution in [-0.2, 0) is 16.6 Å². The van der Waals surface area contributed by atoms with E-state index in [1.807, 2.05) is 0 Å². The number of halogens is 13. The number of rotatable bonds is 5. The van der Waals surface area contributed by atoms with Crippen molar-refractivity contribution in [3.05, 3.63) is 88.4 Å². The van der Waals surface area contributed by atoms with E-state index >= 15 is 8.78 Å². The van der Waals surface area contributed by atoms with Gasteiger partial charge in [-0.15, -0.1) is 0 Å². The zero-order chi connectivity index (χ0) is 31.3. The molecule has 4 nitrogen and oxygen atoms in total. The number of nitrogens with one attached hydrogen (secondary N) is 1. The number of primary amides is 1. The Kier molecular flexibility index (Phi) is 8.12. The van der Waals surface area contributed by atoms with Crippen LogP contribution in [0.3, 0.4) is 0 Å². The van der Waals surface area contributed by atoms with Gasteiger partial charge in [-0.3, -0.25) is 9.59 Å². The van der Waals surface area contributed by atoms with Crippen molar-refractivity contribution in [1.29, 1.82) is 0 Å². The average molecular weight is 669 g/mol. The van der Waals surface area contributed by atoms with Crippen molar-refractivity contribution in [1.82, 2.24) is 5.32 Å². The lowest BCUT2D eigenvalue weighted by Crippen LogP contribution is -2.51. The van der Waals surface area contributed by atoms with E-state index in [2.05, 4.69) is 15.9 Å². The van der Waals surface area contributed by atoms with Crippen molar-refractivity contribution in [2.24, 2.45) is 11.7 Å². The number of carbonyl (C=O) groups excluding carboxylic acids is 2. The standard InChI is InChI=1S/C24H13BrF12N2O2/c25-20(27)15(18(38)40)9-8-12(17(20)39-19(41)10-4-6-11(26)7-5-10)16-13(2-1-3-14(16)22(29,30)31)21(28,23(32,33)34)24(35,36)37/h1-9,15H,(H2,38,40)(H,39,41). The Morgan fingerprint density at radius 2 is 1.37 bits per heavy atom. The molecule has 0 saturated carbocycles. The van der Waals surface area contributed by atoms with Crippen LogP contribution in [0.25, 0.3) is 5.57 Å². The molecule has 0 bridgehead atoms. The first kappa shape index (κ1) is 32.0. The van der Waals surface area contributed by atoms with Crippen LogP contribution in [-0.4, -0.2) is 28.7 Å². The number of amides is 2. The van der Waals surface area contributed by atoms with E-state index in [0.717, 1.165) is 24.3 Å². The van der Waals surface area contributed by atoms with Crippen LogP contribution in [0, 0.1) is 11.7 Å². The highest BCUT2D eigenvalue weighted by molar-refractivity contribution is 9.10. The van der Waals surface area contributed by atoms with Crippen molar-refractivity contribution < 1.29 is 62.3 Å². The molecular weight excluding hydrogens is 656 g/mol. The molecule has 2 atom stereocenters. The van der Waals surface area contributed by atoms with Gasteiger partial charge < -0.3 is 11.1 Å². The highest BCUT2D eigenvalue weighted by Gasteiger charge is 2.74. The maximum Gasteiger partial charge on any atom is 0.435 e. The van der Waals surface area contributed by atoms with Crippen LogP contribution >= 0.6 is 15.9 Å². The SMILES string of the molecule is NC(=O)C1C=CC(c2c(C(F)(F)F)cccc2C(F)(C(F)(F)F)C(F)(F)F)=C(NC(=O)c2ccc(F)cc2)C1(F)Br. The van der Waals surface area contributed by atoms with E-state index in [1.54, 1.807) is 5.32 Å². The molecule has 2 unspecified atom stereocenters. The maximum atomic E-state index is 16.1. The zero-order valence-electron chi connectivity index (χ0n) is 19.6. The van der Waals surface area contributed by atoms with E-state index in [4.69, 9.17) is 5.73 Å². The molecule has 0 radical (unpaired) electrons. The van der Waals surface area contributed by atoms with Crippen molar-refractivity contribution >= 4 is 33.3 Å². The highest BCUT2D eigenvalue weighted by Crippen LogP contribution is 2.57. The van der Waals surface area contributed by atoms with Crippen LogP contribution in [0.5, 0.6) is 0 Å². The van der Waals surface area contributed by atoms with Gasteiger partial charge in [0.1, 0.15) is 11.7 Å². The minimum Gasteiger partial charge on any atom is -0.369 e. The summed E-state index contributed by atoms with van der Waals surface area (Å²) in [6.07, 6.45) is -18.9. The molecule has 0 heterocycles. The van der Waals surface area contributed by atoms with E-state index in [-0.39, 0.29) is 24.3 Å². The molecule has 0 fully saturated rings. The highest BCUT2D eigenvalue weighted by atomic mass is 79.9. The lowest BCUT2D eigenvalue weighted by Gasteiger charge is -2.36. The van der Waals surface area contributed by atoms with Gasteiger partial charge in [0.05, 0.1) is 11.3 Å². The number of allylic oxidation sites excluding steroid dienone is 3. The number of alkyl halides is 12. The third-order valence-electron chi connectivity index (χ3n) is 5.89. The van der Waals surface area contributed by atoms with Gasteiger partial charge in [-0.1, -0.05) is 24.3 Å². The number of hydrogen-bond donors (Lipinski definition) is 2. The van der Waals surface area contributed by atoms with Crippen LogP contribution in [0.1, 0.15) is 27.0 Å². The molecule has 0 aromatic heterocycles. The van der Waals surface area contributed by atoms with Gasteiger partial charge in [0.2, 0.25) is 10.5 Å². The predicted octanol–water partition coefficient (Wildman–Crippen LogP) is 7.01. The van der Waals surface area contributed by atoms with E-state index < -0.39 is 85.8 Å². The summed E-state index contributed by atoms with van der Waals surface area (Å²) in [5.41, 5.74) is -12.0. The first-order valence-corrected chi connectivity index (χ1v) is 11.5. The summed E-state index contributed by atoms with van der Waals surface area (Å²) in [7, 11) is 0. The molecule has 222 valence electrons. The van der Waals surface area contributed by atoms with Crippen molar-refractivity contribution in [2.45, 2.75) is 28.8 Å². The van der Waals surface area contributed by atoms with Crippen LogP contribution in [0.2, 0.25) is 0 Å². The van der Waals surface area contributed by atoms with Gasteiger partial charge in [-0.05, 0) is 46.3 Å². The predicted molar refractivity (Wildman–Crippen MR) is 122 cm³/mol. The number of nitrogens with two attached hydrogens (primary N) is 1. The molecule has 3 N–H and O–H groups in total. The topological polar surface area (TPSA) is 72.2 Å². The number of hydrogen-bond acceptors (Lipinski definition) is 2. The summed E-state index contributed by atoms with van der Waals surface area (Å²) in [5, 5.41) is 1.70. The van der Waals surface area contributed by atoms with Gasteiger partial charge >= 0.3 is 24.2 Å². The lowest BCUT2D eigenvalue weighted by atomic mass is 9.80. The maximum absolute atomic E-state index is 16.1. The lowest BCUT2D eigenvalue weighted by molar-refractivity contribution is -0.348. The first-order valence-electron chi connectivity index (χ1n) is 10.8. The number of benzene rings is 2. The second-order valence-corrected chi connectivity index (χ2v) is 9.65. The van der Waals surface area contributed by atoms with Gasteiger partial charge in [-0.25, -0.2) is 13.2 Å². The molecule has 41 heavy (non-hydrogen) atoms. The first-order chi connectivity index (χ1) is 18.5. The fraction of sp³-hybridized carbons (Fsp3) is 0.250. The van der Waals surface area contributed by atoms with Crippen LogP contribution in [0.15, 0.2) is 60.3 Å². The Balaban J connectivity index is 2.50. The average Bonchev–Trinajstić information content (AvgIpc) is 2.82. The largest absolute Gasteiger partial charge is 0.435 e. The van der Waals surface area contributed by atoms with Crippen molar-refractivity contribution in [3.63, 3.8) is 0 Å².